The fourth-order valence-electron chi connectivity index (χ4n) is 2.93. The monoisotopic (exact) mass is 368 g/mol. The van der Waals surface area contributed by atoms with E-state index in [2.05, 4.69) is 4.98 Å². The van der Waals surface area contributed by atoms with Crippen molar-refractivity contribution in [3.63, 3.8) is 0 Å². The standard InChI is InChI=1S/C20H20N2O5/c1-12(23)27-14-9-15-17(19(22(2)3)18(21-15)20(24)25)16(10-14)26-11-13-7-5-4-6-8-13/h4-10,21H,11H2,1-3H3,(H,24,25). The van der Waals surface area contributed by atoms with Crippen LogP contribution in [-0.2, 0) is 11.4 Å². The Morgan fingerprint density at radius 2 is 1.85 bits per heavy atom. The molecule has 140 valence electrons. The molecule has 0 aliphatic carbocycles. The number of aromatic amines is 1. The summed E-state index contributed by atoms with van der Waals surface area (Å²) in [5.41, 5.74) is 2.01. The molecule has 2 N–H and O–H groups in total. The van der Waals surface area contributed by atoms with Crippen molar-refractivity contribution in [2.45, 2.75) is 13.5 Å². The molecular formula is C20H20N2O5. The van der Waals surface area contributed by atoms with E-state index in [1.807, 2.05) is 30.3 Å². The Balaban J connectivity index is 2.14. The van der Waals surface area contributed by atoms with Gasteiger partial charge in [-0.3, -0.25) is 4.79 Å². The van der Waals surface area contributed by atoms with E-state index in [9.17, 15) is 14.7 Å². The lowest BCUT2D eigenvalue weighted by Gasteiger charge is -2.16. The van der Waals surface area contributed by atoms with Gasteiger partial charge in [0.2, 0.25) is 0 Å². The molecular weight excluding hydrogens is 348 g/mol. The number of hydrogen-bond donors (Lipinski definition) is 2. The highest BCUT2D eigenvalue weighted by molar-refractivity contribution is 6.08. The minimum Gasteiger partial charge on any atom is -0.488 e. The molecule has 1 heterocycles. The first-order chi connectivity index (χ1) is 12.9. The molecule has 7 heteroatoms. The largest absolute Gasteiger partial charge is 0.488 e. The SMILES string of the molecule is CC(=O)Oc1cc(OCc2ccccc2)c2c(N(C)C)c(C(=O)O)[nH]c2c1. The summed E-state index contributed by atoms with van der Waals surface area (Å²) in [5.74, 6) is -0.847. The summed E-state index contributed by atoms with van der Waals surface area (Å²) in [6, 6.07) is 12.8. The van der Waals surface area contributed by atoms with Gasteiger partial charge in [0.1, 0.15) is 23.8 Å². The number of hydrogen-bond acceptors (Lipinski definition) is 5. The molecule has 0 amide bonds. The topological polar surface area (TPSA) is 91.9 Å². The molecule has 0 saturated carbocycles. The minimum absolute atomic E-state index is 0.0412. The van der Waals surface area contributed by atoms with E-state index in [1.54, 1.807) is 31.1 Å². The number of nitrogens with one attached hydrogen (secondary N) is 1. The second-order valence-corrected chi connectivity index (χ2v) is 6.26. The molecule has 27 heavy (non-hydrogen) atoms. The van der Waals surface area contributed by atoms with Crippen molar-refractivity contribution in [2.24, 2.45) is 0 Å². The van der Waals surface area contributed by atoms with E-state index in [0.717, 1.165) is 5.56 Å². The molecule has 2 aromatic carbocycles. The molecule has 0 aliphatic rings. The molecule has 0 fully saturated rings. The van der Waals surface area contributed by atoms with Gasteiger partial charge in [-0.2, -0.15) is 0 Å². The third-order valence-corrected chi connectivity index (χ3v) is 3.97. The summed E-state index contributed by atoms with van der Waals surface area (Å²) in [6.45, 7) is 1.59. The molecule has 0 atom stereocenters. The number of aromatic nitrogens is 1. The second-order valence-electron chi connectivity index (χ2n) is 6.26. The first-order valence-corrected chi connectivity index (χ1v) is 8.32. The number of nitrogens with zero attached hydrogens (tertiary/aromatic N) is 1. The lowest BCUT2D eigenvalue weighted by Crippen LogP contribution is -2.13. The van der Waals surface area contributed by atoms with Crippen LogP contribution in [0.15, 0.2) is 42.5 Å². The lowest BCUT2D eigenvalue weighted by atomic mass is 10.1. The lowest BCUT2D eigenvalue weighted by molar-refractivity contribution is -0.131. The van der Waals surface area contributed by atoms with Gasteiger partial charge in [-0.1, -0.05) is 30.3 Å². The van der Waals surface area contributed by atoms with Gasteiger partial charge in [0, 0.05) is 33.2 Å². The third kappa shape index (κ3) is 3.87. The predicted octanol–water partition coefficient (Wildman–Crippen LogP) is 3.44. The van der Waals surface area contributed by atoms with E-state index in [0.29, 0.717) is 28.9 Å². The second kappa shape index (κ2) is 7.41. The summed E-state index contributed by atoms with van der Waals surface area (Å²) in [5, 5.41) is 10.2. The van der Waals surface area contributed by atoms with Crippen molar-refractivity contribution in [3.05, 3.63) is 53.7 Å². The van der Waals surface area contributed by atoms with Crippen LogP contribution < -0.4 is 14.4 Å². The Morgan fingerprint density at radius 1 is 1.15 bits per heavy atom. The molecule has 0 unspecified atom stereocenters. The van der Waals surface area contributed by atoms with Crippen LogP contribution in [0, 0.1) is 0 Å². The van der Waals surface area contributed by atoms with Crippen LogP contribution >= 0.6 is 0 Å². The molecule has 0 spiro atoms. The number of aromatic carboxylic acids is 1. The third-order valence-electron chi connectivity index (χ3n) is 3.97. The predicted molar refractivity (Wildman–Crippen MR) is 102 cm³/mol. The number of carboxylic acid groups (broad SMARTS) is 1. The van der Waals surface area contributed by atoms with Crippen LogP contribution in [0.2, 0.25) is 0 Å². The minimum atomic E-state index is -1.09. The molecule has 1 aromatic heterocycles. The fraction of sp³-hybridized carbons (Fsp3) is 0.200. The Kier molecular flexibility index (Phi) is 5.03. The number of carbonyl (C=O) groups is 2. The maximum atomic E-state index is 11.7. The quantitative estimate of drug-likeness (QED) is 0.512. The number of ether oxygens (including phenoxy) is 2. The Labute approximate surface area is 156 Å². The highest BCUT2D eigenvalue weighted by Crippen LogP contribution is 2.40. The van der Waals surface area contributed by atoms with Crippen LogP contribution in [0.5, 0.6) is 11.5 Å². The average Bonchev–Trinajstić information content (AvgIpc) is 3.00. The highest BCUT2D eigenvalue weighted by atomic mass is 16.5. The first-order valence-electron chi connectivity index (χ1n) is 8.32. The maximum absolute atomic E-state index is 11.7. The zero-order valence-electron chi connectivity index (χ0n) is 15.3. The van der Waals surface area contributed by atoms with Crippen LogP contribution in [0.1, 0.15) is 23.0 Å². The van der Waals surface area contributed by atoms with Crippen molar-refractivity contribution < 1.29 is 24.2 Å². The van der Waals surface area contributed by atoms with E-state index in [-0.39, 0.29) is 11.4 Å². The number of carbonyl (C=O) groups excluding carboxylic acids is 1. The van der Waals surface area contributed by atoms with Gasteiger partial charge in [0.25, 0.3) is 0 Å². The number of anilines is 1. The van der Waals surface area contributed by atoms with Gasteiger partial charge in [0.05, 0.1) is 16.6 Å². The van der Waals surface area contributed by atoms with Gasteiger partial charge in [-0.05, 0) is 5.56 Å². The van der Waals surface area contributed by atoms with Gasteiger partial charge in [0.15, 0.2) is 0 Å². The summed E-state index contributed by atoms with van der Waals surface area (Å²) in [7, 11) is 3.52. The van der Waals surface area contributed by atoms with E-state index < -0.39 is 11.9 Å². The Bertz CT molecular complexity index is 993. The molecule has 3 aromatic rings. The van der Waals surface area contributed by atoms with Crippen molar-refractivity contribution in [1.29, 1.82) is 0 Å². The van der Waals surface area contributed by atoms with Crippen LogP contribution in [0.3, 0.4) is 0 Å². The number of rotatable bonds is 6. The number of H-pyrrole nitrogens is 1. The Hall–Kier alpha value is -3.48. The number of esters is 1. The molecule has 7 nitrogen and oxygen atoms in total. The van der Waals surface area contributed by atoms with Gasteiger partial charge in [-0.25, -0.2) is 4.79 Å². The molecule has 0 bridgehead atoms. The van der Waals surface area contributed by atoms with E-state index in [1.165, 1.54) is 6.92 Å². The van der Waals surface area contributed by atoms with Gasteiger partial charge in [-0.15, -0.1) is 0 Å². The van der Waals surface area contributed by atoms with Gasteiger partial charge >= 0.3 is 11.9 Å². The zero-order chi connectivity index (χ0) is 19.6. The first kappa shape index (κ1) is 18.3. The molecule has 0 saturated heterocycles. The van der Waals surface area contributed by atoms with Crippen molar-refractivity contribution in [2.75, 3.05) is 19.0 Å². The molecule has 0 aliphatic heterocycles. The highest BCUT2D eigenvalue weighted by Gasteiger charge is 2.23. The summed E-state index contributed by atoms with van der Waals surface area (Å²) in [4.78, 5) is 27.6. The number of fused-ring (bicyclic) bond motifs is 1. The molecule has 0 radical (unpaired) electrons. The Morgan fingerprint density at radius 3 is 2.44 bits per heavy atom. The van der Waals surface area contributed by atoms with Crippen LogP contribution in [0.4, 0.5) is 5.69 Å². The normalized spacial score (nSPS) is 10.6. The number of carboxylic acids is 1. The van der Waals surface area contributed by atoms with Crippen molar-refractivity contribution >= 4 is 28.5 Å². The summed E-state index contributed by atoms with van der Waals surface area (Å²) < 4.78 is 11.2. The van der Waals surface area contributed by atoms with E-state index >= 15 is 0 Å². The van der Waals surface area contributed by atoms with Gasteiger partial charge < -0.3 is 24.5 Å². The molecule has 3 rings (SSSR count). The van der Waals surface area contributed by atoms with E-state index in [4.69, 9.17) is 9.47 Å². The zero-order valence-corrected chi connectivity index (χ0v) is 15.3. The van der Waals surface area contributed by atoms with Crippen molar-refractivity contribution in [1.82, 2.24) is 4.98 Å². The fourth-order valence-corrected chi connectivity index (χ4v) is 2.93. The smallest absolute Gasteiger partial charge is 0.354 e. The number of benzene rings is 2. The van der Waals surface area contributed by atoms with Crippen LogP contribution in [0.25, 0.3) is 10.9 Å². The van der Waals surface area contributed by atoms with Crippen molar-refractivity contribution in [3.8, 4) is 11.5 Å². The average molecular weight is 368 g/mol. The maximum Gasteiger partial charge on any atom is 0.354 e. The summed E-state index contributed by atoms with van der Waals surface area (Å²) >= 11 is 0. The van der Waals surface area contributed by atoms with Crippen LogP contribution in [-0.4, -0.2) is 36.1 Å². The summed E-state index contributed by atoms with van der Waals surface area (Å²) in [6.07, 6.45) is 0.